The van der Waals surface area contributed by atoms with Crippen molar-refractivity contribution in [3.8, 4) is 0 Å². The van der Waals surface area contributed by atoms with Crippen molar-refractivity contribution in [1.82, 2.24) is 10.2 Å². The summed E-state index contributed by atoms with van der Waals surface area (Å²) in [4.78, 5) is 6.72. The van der Waals surface area contributed by atoms with E-state index in [4.69, 9.17) is 14.2 Å². The quantitative estimate of drug-likeness (QED) is 0.603. The molecule has 1 N–H and O–H groups in total. The minimum atomic E-state index is 0.130. The van der Waals surface area contributed by atoms with E-state index in [1.165, 1.54) is 12.8 Å². The second-order valence-corrected chi connectivity index (χ2v) is 6.46. The molecule has 3 fully saturated rings. The molecule has 1 atom stereocenters. The summed E-state index contributed by atoms with van der Waals surface area (Å²) in [6, 6.07) is 0. The van der Waals surface area contributed by atoms with Gasteiger partial charge in [-0.05, 0) is 31.6 Å². The maximum absolute atomic E-state index is 6.00. The molecule has 126 valence electrons. The van der Waals surface area contributed by atoms with E-state index >= 15 is 0 Å². The summed E-state index contributed by atoms with van der Waals surface area (Å²) in [7, 11) is 1.84. The van der Waals surface area contributed by atoms with Crippen molar-refractivity contribution in [1.29, 1.82) is 0 Å². The third kappa shape index (κ3) is 4.83. The predicted molar refractivity (Wildman–Crippen MR) is 85.2 cm³/mol. The predicted octanol–water partition coefficient (Wildman–Crippen LogP) is 0.868. The highest BCUT2D eigenvalue weighted by atomic mass is 16.6. The van der Waals surface area contributed by atoms with Gasteiger partial charge in [-0.25, -0.2) is 0 Å². The summed E-state index contributed by atoms with van der Waals surface area (Å²) in [5.41, 5.74) is 0. The maximum atomic E-state index is 6.00. The van der Waals surface area contributed by atoms with Crippen molar-refractivity contribution in [3.63, 3.8) is 0 Å². The van der Waals surface area contributed by atoms with Crippen LogP contribution in [0.1, 0.15) is 25.7 Å². The second kappa shape index (κ2) is 8.13. The van der Waals surface area contributed by atoms with Gasteiger partial charge in [0.25, 0.3) is 0 Å². The highest BCUT2D eigenvalue weighted by Crippen LogP contribution is 2.30. The van der Waals surface area contributed by atoms with E-state index in [9.17, 15) is 0 Å². The lowest BCUT2D eigenvalue weighted by Gasteiger charge is -2.35. The monoisotopic (exact) mass is 311 g/mol. The van der Waals surface area contributed by atoms with Gasteiger partial charge in [-0.15, -0.1) is 0 Å². The van der Waals surface area contributed by atoms with Crippen molar-refractivity contribution in [2.24, 2.45) is 10.9 Å². The molecule has 3 aliphatic rings. The van der Waals surface area contributed by atoms with Gasteiger partial charge in [0.05, 0.1) is 32.0 Å². The van der Waals surface area contributed by atoms with E-state index in [-0.39, 0.29) is 6.10 Å². The molecule has 0 aromatic rings. The van der Waals surface area contributed by atoms with Crippen LogP contribution in [0.5, 0.6) is 0 Å². The number of guanidine groups is 1. The summed E-state index contributed by atoms with van der Waals surface area (Å²) >= 11 is 0. The fourth-order valence-corrected chi connectivity index (χ4v) is 2.98. The van der Waals surface area contributed by atoms with E-state index < -0.39 is 0 Å². The average molecular weight is 311 g/mol. The molecule has 0 aromatic carbocycles. The van der Waals surface area contributed by atoms with Gasteiger partial charge < -0.3 is 24.4 Å². The van der Waals surface area contributed by atoms with Crippen LogP contribution in [-0.4, -0.2) is 76.2 Å². The smallest absolute Gasteiger partial charge is 0.193 e. The Morgan fingerprint density at radius 3 is 2.68 bits per heavy atom. The molecule has 1 saturated carbocycles. The molecule has 0 amide bonds. The van der Waals surface area contributed by atoms with Gasteiger partial charge in [0.2, 0.25) is 0 Å². The lowest BCUT2D eigenvalue weighted by molar-refractivity contribution is -0.0852. The molecule has 1 aliphatic carbocycles. The summed E-state index contributed by atoms with van der Waals surface area (Å²) in [5, 5.41) is 3.41. The Balaban J connectivity index is 1.36. The van der Waals surface area contributed by atoms with E-state index in [1.54, 1.807) is 0 Å². The van der Waals surface area contributed by atoms with Crippen molar-refractivity contribution in [2.75, 3.05) is 53.1 Å². The van der Waals surface area contributed by atoms with Crippen molar-refractivity contribution in [2.45, 2.75) is 37.9 Å². The first-order valence-electron chi connectivity index (χ1n) is 8.61. The number of rotatable bonds is 5. The number of nitrogens with one attached hydrogen (secondary N) is 1. The lowest BCUT2D eigenvalue weighted by Crippen LogP contribution is -2.49. The Morgan fingerprint density at radius 2 is 2.05 bits per heavy atom. The minimum Gasteiger partial charge on any atom is -0.378 e. The molecule has 0 aromatic heterocycles. The first-order valence-corrected chi connectivity index (χ1v) is 8.61. The van der Waals surface area contributed by atoms with Gasteiger partial charge in [0.1, 0.15) is 0 Å². The van der Waals surface area contributed by atoms with Crippen LogP contribution < -0.4 is 5.32 Å². The van der Waals surface area contributed by atoms with Gasteiger partial charge in [-0.1, -0.05) is 0 Å². The van der Waals surface area contributed by atoms with E-state index in [1.807, 2.05) is 7.05 Å². The molecule has 0 spiro atoms. The normalized spacial score (nSPS) is 28.0. The Bertz CT molecular complexity index is 360. The molecule has 1 unspecified atom stereocenters. The van der Waals surface area contributed by atoms with Gasteiger partial charge in [-0.3, -0.25) is 4.99 Å². The first kappa shape index (κ1) is 16.0. The van der Waals surface area contributed by atoms with E-state index in [0.29, 0.717) is 25.9 Å². The van der Waals surface area contributed by atoms with Gasteiger partial charge in [0, 0.05) is 33.3 Å². The van der Waals surface area contributed by atoms with E-state index in [2.05, 4.69) is 15.2 Å². The molecule has 22 heavy (non-hydrogen) atoms. The topological polar surface area (TPSA) is 55.3 Å². The van der Waals surface area contributed by atoms with Crippen molar-refractivity contribution >= 4 is 5.96 Å². The van der Waals surface area contributed by atoms with Crippen LogP contribution in [-0.2, 0) is 14.2 Å². The number of likely N-dealkylation sites (tertiary alicyclic amines) is 1. The SMILES string of the molecule is CN=C(NCC1COCCO1)N1CCC(OCC2CC2)CC1. The molecule has 2 aliphatic heterocycles. The number of nitrogens with zero attached hydrogens (tertiary/aromatic N) is 2. The van der Waals surface area contributed by atoms with E-state index in [0.717, 1.165) is 51.0 Å². The number of hydrogen-bond acceptors (Lipinski definition) is 4. The average Bonchev–Trinajstić information content (AvgIpc) is 3.40. The first-order chi connectivity index (χ1) is 10.8. The summed E-state index contributed by atoms with van der Waals surface area (Å²) in [6.07, 6.45) is 5.48. The lowest BCUT2D eigenvalue weighted by atomic mass is 10.1. The molecular weight excluding hydrogens is 282 g/mol. The maximum Gasteiger partial charge on any atom is 0.193 e. The summed E-state index contributed by atoms with van der Waals surface area (Å²) in [5.74, 6) is 1.82. The number of aliphatic imine (C=N–C) groups is 1. The van der Waals surface area contributed by atoms with Gasteiger partial charge >= 0.3 is 0 Å². The zero-order chi connectivity index (χ0) is 15.2. The largest absolute Gasteiger partial charge is 0.378 e. The van der Waals surface area contributed by atoms with Gasteiger partial charge in [0.15, 0.2) is 5.96 Å². The molecular formula is C16H29N3O3. The number of ether oxygens (including phenoxy) is 3. The molecule has 0 bridgehead atoms. The second-order valence-electron chi connectivity index (χ2n) is 6.46. The molecule has 2 heterocycles. The third-order valence-corrected chi connectivity index (χ3v) is 4.59. The zero-order valence-corrected chi connectivity index (χ0v) is 13.6. The highest BCUT2D eigenvalue weighted by molar-refractivity contribution is 5.80. The molecule has 0 radical (unpaired) electrons. The standard InChI is InChI=1S/C16H29N3O3/c1-17-16(18-10-15-12-20-8-9-21-15)19-6-4-14(5-7-19)22-11-13-2-3-13/h13-15H,2-12H2,1H3,(H,17,18). The Morgan fingerprint density at radius 1 is 1.23 bits per heavy atom. The fraction of sp³-hybridized carbons (Fsp3) is 0.938. The fourth-order valence-electron chi connectivity index (χ4n) is 2.98. The van der Waals surface area contributed by atoms with Crippen LogP contribution in [0.4, 0.5) is 0 Å². The van der Waals surface area contributed by atoms with Crippen molar-refractivity contribution in [3.05, 3.63) is 0 Å². The minimum absolute atomic E-state index is 0.130. The molecule has 6 heteroatoms. The summed E-state index contributed by atoms with van der Waals surface area (Å²) < 4.78 is 17.1. The molecule has 2 saturated heterocycles. The van der Waals surface area contributed by atoms with Gasteiger partial charge in [-0.2, -0.15) is 0 Å². The zero-order valence-electron chi connectivity index (χ0n) is 13.6. The van der Waals surface area contributed by atoms with Crippen LogP contribution in [0.25, 0.3) is 0 Å². The van der Waals surface area contributed by atoms with Crippen LogP contribution in [0.15, 0.2) is 4.99 Å². The Hall–Kier alpha value is -0.850. The molecule has 3 rings (SSSR count). The number of piperidine rings is 1. The Labute approximate surface area is 133 Å². The molecule has 6 nitrogen and oxygen atoms in total. The van der Waals surface area contributed by atoms with Crippen LogP contribution in [0.2, 0.25) is 0 Å². The van der Waals surface area contributed by atoms with Crippen LogP contribution >= 0.6 is 0 Å². The summed E-state index contributed by atoms with van der Waals surface area (Å²) in [6.45, 7) is 5.81. The third-order valence-electron chi connectivity index (χ3n) is 4.59. The van der Waals surface area contributed by atoms with Crippen molar-refractivity contribution < 1.29 is 14.2 Å². The Kier molecular flexibility index (Phi) is 5.92. The number of hydrogen-bond donors (Lipinski definition) is 1. The van der Waals surface area contributed by atoms with Crippen LogP contribution in [0.3, 0.4) is 0 Å². The highest BCUT2D eigenvalue weighted by Gasteiger charge is 2.26. The van der Waals surface area contributed by atoms with Crippen LogP contribution in [0, 0.1) is 5.92 Å².